The van der Waals surface area contributed by atoms with Crippen LogP contribution in [0.3, 0.4) is 0 Å². The number of benzene rings is 1. The van der Waals surface area contributed by atoms with Crippen LogP contribution in [0.1, 0.15) is 23.1 Å². The summed E-state index contributed by atoms with van der Waals surface area (Å²) >= 11 is 0. The summed E-state index contributed by atoms with van der Waals surface area (Å²) in [6.45, 7) is 6.49. The minimum Gasteiger partial charge on any atom is -0.383 e. The molecule has 1 fully saturated rings. The summed E-state index contributed by atoms with van der Waals surface area (Å²) < 4.78 is 5.04. The first-order chi connectivity index (χ1) is 9.10. The van der Waals surface area contributed by atoms with Crippen molar-refractivity contribution >= 4 is 5.91 Å². The average molecular weight is 261 g/mol. The van der Waals surface area contributed by atoms with E-state index in [2.05, 4.69) is 32.0 Å². The third-order valence-electron chi connectivity index (χ3n) is 3.87. The monoisotopic (exact) mass is 261 g/mol. The summed E-state index contributed by atoms with van der Waals surface area (Å²) in [5.41, 5.74) is 4.00. The van der Waals surface area contributed by atoms with Gasteiger partial charge in [0.2, 0.25) is 5.91 Å². The van der Waals surface area contributed by atoms with Crippen molar-refractivity contribution in [2.75, 3.05) is 26.8 Å². The van der Waals surface area contributed by atoms with Crippen LogP contribution in [0.5, 0.6) is 0 Å². The lowest BCUT2D eigenvalue weighted by Gasteiger charge is -2.16. The van der Waals surface area contributed by atoms with Crippen LogP contribution in [0.25, 0.3) is 0 Å². The second-order valence-electron chi connectivity index (χ2n) is 5.54. The van der Waals surface area contributed by atoms with Crippen molar-refractivity contribution in [1.82, 2.24) is 4.90 Å². The Balaban J connectivity index is 1.95. The van der Waals surface area contributed by atoms with Crippen LogP contribution < -0.4 is 0 Å². The molecule has 0 radical (unpaired) electrons. The highest BCUT2D eigenvalue weighted by molar-refractivity contribution is 5.78. The Labute approximate surface area is 115 Å². The predicted molar refractivity (Wildman–Crippen MR) is 76.2 cm³/mol. The molecule has 0 aromatic heterocycles. The molecule has 0 unspecified atom stereocenters. The maximum Gasteiger partial charge on any atom is 0.223 e. The molecule has 0 aliphatic carbocycles. The fraction of sp³-hybridized carbons (Fsp3) is 0.562. The maximum atomic E-state index is 11.9. The largest absolute Gasteiger partial charge is 0.383 e. The normalized spacial score (nSPS) is 19.2. The molecule has 1 heterocycles. The summed E-state index contributed by atoms with van der Waals surface area (Å²) in [6, 6.07) is 6.57. The molecule has 19 heavy (non-hydrogen) atoms. The number of likely N-dealkylation sites (tertiary alicyclic amines) is 1. The van der Waals surface area contributed by atoms with Crippen molar-refractivity contribution in [3.63, 3.8) is 0 Å². The maximum absolute atomic E-state index is 11.9. The molecule has 0 N–H and O–H groups in total. The fourth-order valence-corrected chi connectivity index (χ4v) is 2.79. The molecule has 2 rings (SSSR count). The Morgan fingerprint density at radius 2 is 2.16 bits per heavy atom. The second kappa shape index (κ2) is 6.20. The second-order valence-corrected chi connectivity index (χ2v) is 5.54. The van der Waals surface area contributed by atoms with E-state index in [4.69, 9.17) is 4.74 Å². The van der Waals surface area contributed by atoms with E-state index in [1.54, 1.807) is 7.11 Å². The number of carbonyl (C=O) groups is 1. The van der Waals surface area contributed by atoms with E-state index in [0.717, 1.165) is 19.5 Å². The third kappa shape index (κ3) is 3.57. The zero-order chi connectivity index (χ0) is 13.8. The number of hydrogen-bond donors (Lipinski definition) is 0. The highest BCUT2D eigenvalue weighted by Crippen LogP contribution is 2.23. The van der Waals surface area contributed by atoms with E-state index in [0.29, 0.717) is 18.9 Å². The van der Waals surface area contributed by atoms with E-state index in [1.165, 1.54) is 16.7 Å². The molecular weight excluding hydrogens is 238 g/mol. The molecule has 1 atom stereocenters. The van der Waals surface area contributed by atoms with Crippen molar-refractivity contribution in [3.8, 4) is 0 Å². The zero-order valence-corrected chi connectivity index (χ0v) is 12.1. The van der Waals surface area contributed by atoms with E-state index < -0.39 is 0 Å². The van der Waals surface area contributed by atoms with Crippen molar-refractivity contribution in [2.45, 2.75) is 26.7 Å². The number of aryl methyl sites for hydroxylation is 2. The smallest absolute Gasteiger partial charge is 0.223 e. The molecule has 1 amide bonds. The molecular formula is C16H23NO2. The number of methoxy groups -OCH3 is 1. The van der Waals surface area contributed by atoms with E-state index in [1.807, 2.05) is 4.90 Å². The van der Waals surface area contributed by atoms with Crippen LogP contribution in [-0.4, -0.2) is 37.6 Å². The zero-order valence-electron chi connectivity index (χ0n) is 12.1. The van der Waals surface area contributed by atoms with Gasteiger partial charge in [-0.3, -0.25) is 4.79 Å². The Hall–Kier alpha value is -1.35. The lowest BCUT2D eigenvalue weighted by atomic mass is 9.94. The van der Waals surface area contributed by atoms with Gasteiger partial charge in [0.1, 0.15) is 0 Å². The number of carbonyl (C=O) groups excluding carboxylic acids is 1. The summed E-state index contributed by atoms with van der Waals surface area (Å²) in [6.07, 6.45) is 1.68. The van der Waals surface area contributed by atoms with Crippen molar-refractivity contribution < 1.29 is 9.53 Å². The van der Waals surface area contributed by atoms with Crippen LogP contribution in [0, 0.1) is 19.8 Å². The summed E-state index contributed by atoms with van der Waals surface area (Å²) in [4.78, 5) is 13.8. The van der Waals surface area contributed by atoms with Crippen LogP contribution in [-0.2, 0) is 16.0 Å². The van der Waals surface area contributed by atoms with Gasteiger partial charge in [-0.2, -0.15) is 0 Å². The van der Waals surface area contributed by atoms with Gasteiger partial charge in [0.25, 0.3) is 0 Å². The van der Waals surface area contributed by atoms with Crippen LogP contribution in [0.15, 0.2) is 18.2 Å². The fourth-order valence-electron chi connectivity index (χ4n) is 2.79. The summed E-state index contributed by atoms with van der Waals surface area (Å²) in [5.74, 6) is 0.720. The molecule has 1 aliphatic heterocycles. The van der Waals surface area contributed by atoms with Crippen LogP contribution >= 0.6 is 0 Å². The highest BCUT2D eigenvalue weighted by atomic mass is 16.5. The Bertz CT molecular complexity index is 456. The number of ether oxygens (including phenoxy) is 1. The number of amides is 1. The summed E-state index contributed by atoms with van der Waals surface area (Å²) in [5, 5.41) is 0. The van der Waals surface area contributed by atoms with Gasteiger partial charge in [0.15, 0.2) is 0 Å². The van der Waals surface area contributed by atoms with Gasteiger partial charge in [-0.1, -0.05) is 23.8 Å². The molecule has 104 valence electrons. The summed E-state index contributed by atoms with van der Waals surface area (Å²) in [7, 11) is 1.67. The number of hydrogen-bond acceptors (Lipinski definition) is 2. The molecule has 1 saturated heterocycles. The van der Waals surface area contributed by atoms with Crippen molar-refractivity contribution in [1.29, 1.82) is 0 Å². The molecule has 1 aromatic carbocycles. The third-order valence-corrected chi connectivity index (χ3v) is 3.87. The first-order valence-corrected chi connectivity index (χ1v) is 6.93. The van der Waals surface area contributed by atoms with E-state index in [9.17, 15) is 4.79 Å². The molecule has 1 aliphatic rings. The molecule has 3 heteroatoms. The van der Waals surface area contributed by atoms with Crippen LogP contribution in [0.2, 0.25) is 0 Å². The Kier molecular flexibility index (Phi) is 4.59. The molecule has 1 aromatic rings. The average Bonchev–Trinajstić information content (AvgIpc) is 2.71. The van der Waals surface area contributed by atoms with Gasteiger partial charge in [0.05, 0.1) is 6.61 Å². The predicted octanol–water partition coefficient (Wildman–Crippen LogP) is 2.34. The molecule has 3 nitrogen and oxygen atoms in total. The van der Waals surface area contributed by atoms with Gasteiger partial charge >= 0.3 is 0 Å². The Morgan fingerprint density at radius 3 is 2.84 bits per heavy atom. The quantitative estimate of drug-likeness (QED) is 0.814. The molecule has 0 spiro atoms. The first-order valence-electron chi connectivity index (χ1n) is 6.93. The van der Waals surface area contributed by atoms with Gasteiger partial charge in [-0.05, 0) is 37.3 Å². The number of rotatable bonds is 5. The van der Waals surface area contributed by atoms with Crippen molar-refractivity contribution in [3.05, 3.63) is 34.9 Å². The van der Waals surface area contributed by atoms with E-state index >= 15 is 0 Å². The molecule has 0 bridgehead atoms. The van der Waals surface area contributed by atoms with E-state index in [-0.39, 0.29) is 5.91 Å². The highest BCUT2D eigenvalue weighted by Gasteiger charge is 2.29. The van der Waals surface area contributed by atoms with Gasteiger partial charge in [-0.25, -0.2) is 0 Å². The lowest BCUT2D eigenvalue weighted by molar-refractivity contribution is -0.128. The SMILES string of the molecule is COCCN1C[C@@H](Cc2ccc(C)cc2C)CC1=O. The molecule has 0 saturated carbocycles. The minimum absolute atomic E-state index is 0.270. The van der Waals surface area contributed by atoms with Crippen molar-refractivity contribution in [2.24, 2.45) is 5.92 Å². The Morgan fingerprint density at radius 1 is 1.37 bits per heavy atom. The van der Waals surface area contributed by atoms with Gasteiger partial charge in [0, 0.05) is 26.6 Å². The standard InChI is InChI=1S/C16H23NO2/c1-12-4-5-15(13(2)8-12)9-14-10-16(18)17(11-14)6-7-19-3/h4-5,8,14H,6-7,9-11H2,1-3H3/t14-/m0/s1. The van der Waals surface area contributed by atoms with Crippen LogP contribution in [0.4, 0.5) is 0 Å². The minimum atomic E-state index is 0.270. The number of nitrogens with zero attached hydrogens (tertiary/aromatic N) is 1. The van der Waals surface area contributed by atoms with Gasteiger partial charge < -0.3 is 9.64 Å². The van der Waals surface area contributed by atoms with Gasteiger partial charge in [-0.15, -0.1) is 0 Å². The first kappa shape index (κ1) is 14.1. The topological polar surface area (TPSA) is 29.5 Å². The lowest BCUT2D eigenvalue weighted by Crippen LogP contribution is -2.28.